The van der Waals surface area contributed by atoms with Gasteiger partial charge in [-0.05, 0) is 18.1 Å². The van der Waals surface area contributed by atoms with Crippen LogP contribution in [0.25, 0.3) is 0 Å². The Bertz CT molecular complexity index is 397. The van der Waals surface area contributed by atoms with Crippen molar-refractivity contribution in [2.75, 3.05) is 6.61 Å². The summed E-state index contributed by atoms with van der Waals surface area (Å²) in [5.74, 6) is -0.858. The fourth-order valence-electron chi connectivity index (χ4n) is 1.23. The SMILES string of the molecule is CC(C)COC(=O)c1ccccc1C(F)(F)F. The average molecular weight is 246 g/mol. The molecule has 0 saturated heterocycles. The Hall–Kier alpha value is -1.52. The molecular weight excluding hydrogens is 233 g/mol. The highest BCUT2D eigenvalue weighted by atomic mass is 19.4. The molecule has 0 bridgehead atoms. The zero-order valence-electron chi connectivity index (χ0n) is 9.54. The third-order valence-corrected chi connectivity index (χ3v) is 2.00. The zero-order valence-corrected chi connectivity index (χ0v) is 9.54. The van der Waals surface area contributed by atoms with Crippen LogP contribution >= 0.6 is 0 Å². The predicted octanol–water partition coefficient (Wildman–Crippen LogP) is 3.52. The van der Waals surface area contributed by atoms with Gasteiger partial charge in [0.15, 0.2) is 0 Å². The van der Waals surface area contributed by atoms with Gasteiger partial charge in [0.25, 0.3) is 0 Å². The third-order valence-electron chi connectivity index (χ3n) is 2.00. The first-order valence-electron chi connectivity index (χ1n) is 5.15. The lowest BCUT2D eigenvalue weighted by atomic mass is 10.1. The van der Waals surface area contributed by atoms with E-state index in [2.05, 4.69) is 0 Å². The van der Waals surface area contributed by atoms with Crippen LogP contribution in [-0.2, 0) is 10.9 Å². The third kappa shape index (κ3) is 3.76. The van der Waals surface area contributed by atoms with Gasteiger partial charge in [0.2, 0.25) is 0 Å². The summed E-state index contributed by atoms with van der Waals surface area (Å²) >= 11 is 0. The van der Waals surface area contributed by atoms with E-state index in [0.717, 1.165) is 12.1 Å². The maximum absolute atomic E-state index is 12.6. The Labute approximate surface area is 97.4 Å². The van der Waals surface area contributed by atoms with Crippen LogP contribution in [0.5, 0.6) is 0 Å². The number of hydrogen-bond acceptors (Lipinski definition) is 2. The molecule has 0 radical (unpaired) electrons. The van der Waals surface area contributed by atoms with Gasteiger partial charge in [-0.15, -0.1) is 0 Å². The minimum absolute atomic E-state index is 0.0806. The quantitative estimate of drug-likeness (QED) is 0.763. The van der Waals surface area contributed by atoms with Crippen LogP contribution in [0.1, 0.15) is 29.8 Å². The van der Waals surface area contributed by atoms with E-state index in [1.807, 2.05) is 13.8 Å². The van der Waals surface area contributed by atoms with Crippen LogP contribution in [0.15, 0.2) is 24.3 Å². The predicted molar refractivity (Wildman–Crippen MR) is 56.6 cm³/mol. The number of carbonyl (C=O) groups excluding carboxylic acids is 1. The van der Waals surface area contributed by atoms with Crippen molar-refractivity contribution in [2.24, 2.45) is 5.92 Å². The Balaban J connectivity index is 2.94. The first-order chi connectivity index (χ1) is 7.82. The van der Waals surface area contributed by atoms with Crippen LogP contribution in [0.2, 0.25) is 0 Å². The maximum atomic E-state index is 12.6. The van der Waals surface area contributed by atoms with Crippen molar-refractivity contribution in [2.45, 2.75) is 20.0 Å². The molecule has 1 aromatic carbocycles. The molecule has 0 aliphatic rings. The minimum Gasteiger partial charge on any atom is -0.462 e. The first-order valence-corrected chi connectivity index (χ1v) is 5.15. The molecule has 0 aliphatic heterocycles. The molecule has 0 aliphatic carbocycles. The Morgan fingerprint density at radius 3 is 2.41 bits per heavy atom. The van der Waals surface area contributed by atoms with Crippen LogP contribution in [0.3, 0.4) is 0 Å². The van der Waals surface area contributed by atoms with Crippen LogP contribution in [0.4, 0.5) is 13.2 Å². The highest BCUT2D eigenvalue weighted by molar-refractivity contribution is 5.91. The number of ether oxygens (including phenoxy) is 1. The van der Waals surface area contributed by atoms with Gasteiger partial charge in [-0.25, -0.2) is 4.79 Å². The lowest BCUT2D eigenvalue weighted by molar-refractivity contribution is -0.138. The van der Waals surface area contributed by atoms with Gasteiger partial charge in [0, 0.05) is 0 Å². The molecule has 1 aromatic rings. The van der Waals surface area contributed by atoms with E-state index in [4.69, 9.17) is 4.74 Å². The molecule has 2 nitrogen and oxygen atoms in total. The molecular formula is C12H13F3O2. The summed E-state index contributed by atoms with van der Waals surface area (Å²) in [5, 5.41) is 0. The molecule has 0 spiro atoms. The number of halogens is 3. The van der Waals surface area contributed by atoms with Gasteiger partial charge in [-0.3, -0.25) is 0 Å². The summed E-state index contributed by atoms with van der Waals surface area (Å²) in [6.45, 7) is 3.72. The maximum Gasteiger partial charge on any atom is 0.417 e. The van der Waals surface area contributed by atoms with E-state index < -0.39 is 23.3 Å². The highest BCUT2D eigenvalue weighted by Gasteiger charge is 2.35. The van der Waals surface area contributed by atoms with E-state index in [0.29, 0.717) is 0 Å². The fraction of sp³-hybridized carbons (Fsp3) is 0.417. The molecule has 0 amide bonds. The van der Waals surface area contributed by atoms with Gasteiger partial charge in [0.05, 0.1) is 17.7 Å². The summed E-state index contributed by atoms with van der Waals surface area (Å²) in [5.41, 5.74) is -1.41. The summed E-state index contributed by atoms with van der Waals surface area (Å²) in [6.07, 6.45) is -4.55. The van der Waals surface area contributed by atoms with Crippen LogP contribution in [0, 0.1) is 5.92 Å². The van der Waals surface area contributed by atoms with Crippen molar-refractivity contribution in [3.63, 3.8) is 0 Å². The molecule has 0 atom stereocenters. The van der Waals surface area contributed by atoms with Crippen molar-refractivity contribution in [1.29, 1.82) is 0 Å². The number of benzene rings is 1. The largest absolute Gasteiger partial charge is 0.462 e. The Morgan fingerprint density at radius 2 is 1.88 bits per heavy atom. The summed E-state index contributed by atoms with van der Waals surface area (Å²) < 4.78 is 42.6. The number of carbonyl (C=O) groups is 1. The van der Waals surface area contributed by atoms with Crippen molar-refractivity contribution >= 4 is 5.97 Å². The standard InChI is InChI=1S/C12H13F3O2/c1-8(2)7-17-11(16)9-5-3-4-6-10(9)12(13,14)15/h3-6,8H,7H2,1-2H3. The fourth-order valence-corrected chi connectivity index (χ4v) is 1.23. The van der Waals surface area contributed by atoms with Crippen molar-refractivity contribution in [3.05, 3.63) is 35.4 Å². The topological polar surface area (TPSA) is 26.3 Å². The monoisotopic (exact) mass is 246 g/mol. The highest BCUT2D eigenvalue weighted by Crippen LogP contribution is 2.32. The van der Waals surface area contributed by atoms with Crippen molar-refractivity contribution in [1.82, 2.24) is 0 Å². The lowest BCUT2D eigenvalue weighted by Gasteiger charge is -2.12. The van der Waals surface area contributed by atoms with Gasteiger partial charge in [0.1, 0.15) is 0 Å². The average Bonchev–Trinajstić information content (AvgIpc) is 2.24. The number of rotatable bonds is 3. The molecule has 0 aromatic heterocycles. The molecule has 5 heteroatoms. The van der Waals surface area contributed by atoms with Gasteiger partial charge in [-0.1, -0.05) is 26.0 Å². The smallest absolute Gasteiger partial charge is 0.417 e. The van der Waals surface area contributed by atoms with Gasteiger partial charge >= 0.3 is 12.1 Å². The van der Waals surface area contributed by atoms with E-state index >= 15 is 0 Å². The van der Waals surface area contributed by atoms with Crippen LogP contribution in [-0.4, -0.2) is 12.6 Å². The number of alkyl halides is 3. The molecule has 1 rings (SSSR count). The van der Waals surface area contributed by atoms with Gasteiger partial charge in [-0.2, -0.15) is 13.2 Å². The van der Waals surface area contributed by atoms with E-state index in [1.54, 1.807) is 0 Å². The number of hydrogen-bond donors (Lipinski definition) is 0. The van der Waals surface area contributed by atoms with Crippen LogP contribution < -0.4 is 0 Å². The number of esters is 1. The first kappa shape index (κ1) is 13.5. The second kappa shape index (κ2) is 5.21. The summed E-state index contributed by atoms with van der Waals surface area (Å²) in [7, 11) is 0. The molecule has 94 valence electrons. The summed E-state index contributed by atoms with van der Waals surface area (Å²) in [6, 6.07) is 4.60. The summed E-state index contributed by atoms with van der Waals surface area (Å²) in [4.78, 5) is 11.5. The molecule has 0 heterocycles. The molecule has 17 heavy (non-hydrogen) atoms. The molecule has 0 saturated carbocycles. The zero-order chi connectivity index (χ0) is 13.1. The van der Waals surface area contributed by atoms with E-state index in [1.165, 1.54) is 12.1 Å². The van der Waals surface area contributed by atoms with Crippen molar-refractivity contribution < 1.29 is 22.7 Å². The van der Waals surface area contributed by atoms with Crippen molar-refractivity contribution in [3.8, 4) is 0 Å². The molecule has 0 N–H and O–H groups in total. The molecule has 0 fully saturated rings. The lowest BCUT2D eigenvalue weighted by Crippen LogP contribution is -2.16. The Morgan fingerprint density at radius 1 is 1.29 bits per heavy atom. The Kier molecular flexibility index (Phi) is 4.15. The van der Waals surface area contributed by atoms with Gasteiger partial charge < -0.3 is 4.74 Å². The molecule has 0 unspecified atom stereocenters. The second-order valence-electron chi connectivity index (χ2n) is 4.04. The second-order valence-corrected chi connectivity index (χ2v) is 4.04. The minimum atomic E-state index is -4.55. The normalized spacial score (nSPS) is 11.6. The van der Waals surface area contributed by atoms with E-state index in [9.17, 15) is 18.0 Å². The van der Waals surface area contributed by atoms with E-state index in [-0.39, 0.29) is 12.5 Å².